The van der Waals surface area contributed by atoms with Gasteiger partial charge in [-0.05, 0) is 19.9 Å². The van der Waals surface area contributed by atoms with Crippen molar-refractivity contribution in [3.8, 4) is 18.1 Å². The number of nitrogens with one attached hydrogen (secondary N) is 1. The highest BCUT2D eigenvalue weighted by molar-refractivity contribution is 5.35. The number of rotatable bonds is 4. The summed E-state index contributed by atoms with van der Waals surface area (Å²) < 4.78 is 5.29. The number of terminal acetylenes is 1. The maximum absolute atomic E-state index is 5.33. The molecule has 1 unspecified atom stereocenters. The number of methoxy groups -OCH3 is 1. The second-order valence-electron chi connectivity index (χ2n) is 3.52. The van der Waals surface area contributed by atoms with Gasteiger partial charge in [0, 0.05) is 11.6 Å². The molecule has 0 heterocycles. The van der Waals surface area contributed by atoms with E-state index in [4.69, 9.17) is 11.2 Å². The van der Waals surface area contributed by atoms with Gasteiger partial charge in [-0.15, -0.1) is 6.42 Å². The summed E-state index contributed by atoms with van der Waals surface area (Å²) >= 11 is 0. The molecule has 0 aromatic heterocycles. The predicted octanol–water partition coefficient (Wildman–Crippen LogP) is 2.37. The predicted molar refractivity (Wildman–Crippen MR) is 62.8 cm³/mol. The van der Waals surface area contributed by atoms with Gasteiger partial charge in [-0.25, -0.2) is 0 Å². The maximum Gasteiger partial charge on any atom is 0.123 e. The minimum absolute atomic E-state index is 0.0601. The zero-order valence-corrected chi connectivity index (χ0v) is 9.45. The average Bonchev–Trinajstić information content (AvgIpc) is 2.28. The molecule has 0 saturated heterocycles. The van der Waals surface area contributed by atoms with Crippen molar-refractivity contribution in [2.75, 3.05) is 7.11 Å². The fourth-order valence-corrected chi connectivity index (χ4v) is 1.54. The van der Waals surface area contributed by atoms with Crippen molar-refractivity contribution in [1.29, 1.82) is 0 Å². The van der Waals surface area contributed by atoms with Crippen molar-refractivity contribution in [1.82, 2.24) is 5.32 Å². The van der Waals surface area contributed by atoms with Crippen molar-refractivity contribution >= 4 is 0 Å². The molecule has 0 aliphatic rings. The number of ether oxygens (including phenoxy) is 1. The summed E-state index contributed by atoms with van der Waals surface area (Å²) in [6, 6.07) is 8.20. The third kappa shape index (κ3) is 3.00. The number of hydrogen-bond acceptors (Lipinski definition) is 2. The van der Waals surface area contributed by atoms with Gasteiger partial charge in [0.25, 0.3) is 0 Å². The molecule has 0 bridgehead atoms. The molecule has 1 N–H and O–H groups in total. The lowest BCUT2D eigenvalue weighted by Crippen LogP contribution is -2.27. The van der Waals surface area contributed by atoms with Crippen LogP contribution in [0.1, 0.15) is 25.5 Å². The molecule has 1 aromatic carbocycles. The standard InChI is InChI=1S/C13H17NO/c1-5-10(2)14-11(3)12-8-6-7-9-13(12)15-4/h1,6-11,14H,2-4H3/t10?,11-/m0/s1. The van der Waals surface area contributed by atoms with Gasteiger partial charge in [0.15, 0.2) is 0 Å². The van der Waals surface area contributed by atoms with Gasteiger partial charge < -0.3 is 4.74 Å². The van der Waals surface area contributed by atoms with E-state index in [0.717, 1.165) is 11.3 Å². The summed E-state index contributed by atoms with van der Waals surface area (Å²) in [6.45, 7) is 4.04. The molecule has 0 radical (unpaired) electrons. The minimum Gasteiger partial charge on any atom is -0.496 e. The molecule has 2 nitrogen and oxygen atoms in total. The first-order valence-electron chi connectivity index (χ1n) is 5.04. The Morgan fingerprint density at radius 3 is 2.60 bits per heavy atom. The molecule has 15 heavy (non-hydrogen) atoms. The highest BCUT2D eigenvalue weighted by Gasteiger charge is 2.11. The van der Waals surface area contributed by atoms with Crippen LogP contribution in [-0.2, 0) is 0 Å². The van der Waals surface area contributed by atoms with Gasteiger partial charge in [0.2, 0.25) is 0 Å². The Labute approximate surface area is 91.6 Å². The molecule has 1 rings (SSSR count). The third-order valence-electron chi connectivity index (χ3n) is 2.36. The fourth-order valence-electron chi connectivity index (χ4n) is 1.54. The maximum atomic E-state index is 5.33. The molecular formula is C13H17NO. The van der Waals surface area contributed by atoms with Crippen LogP contribution in [0.2, 0.25) is 0 Å². The smallest absolute Gasteiger partial charge is 0.123 e. The molecule has 80 valence electrons. The largest absolute Gasteiger partial charge is 0.496 e. The molecule has 0 aliphatic carbocycles. The van der Waals surface area contributed by atoms with Crippen molar-refractivity contribution in [3.05, 3.63) is 29.8 Å². The monoisotopic (exact) mass is 203 g/mol. The zero-order chi connectivity index (χ0) is 11.3. The zero-order valence-electron chi connectivity index (χ0n) is 9.45. The SMILES string of the molecule is C#CC(C)N[C@@H](C)c1ccccc1OC. The topological polar surface area (TPSA) is 21.3 Å². The number of hydrogen-bond donors (Lipinski definition) is 1. The van der Waals surface area contributed by atoms with E-state index in [1.165, 1.54) is 0 Å². The lowest BCUT2D eigenvalue weighted by molar-refractivity contribution is 0.400. The number of para-hydroxylation sites is 1. The Bertz CT molecular complexity index is 354. The summed E-state index contributed by atoms with van der Waals surface area (Å²) in [5.41, 5.74) is 1.13. The second kappa shape index (κ2) is 5.43. The minimum atomic E-state index is 0.0601. The lowest BCUT2D eigenvalue weighted by Gasteiger charge is -2.18. The first-order valence-corrected chi connectivity index (χ1v) is 5.04. The number of benzene rings is 1. The van der Waals surface area contributed by atoms with Crippen LogP contribution in [0.25, 0.3) is 0 Å². The van der Waals surface area contributed by atoms with E-state index in [1.807, 2.05) is 31.2 Å². The molecule has 0 fully saturated rings. The molecule has 0 aliphatic heterocycles. The van der Waals surface area contributed by atoms with Crippen LogP contribution in [0.4, 0.5) is 0 Å². The van der Waals surface area contributed by atoms with E-state index < -0.39 is 0 Å². The van der Waals surface area contributed by atoms with E-state index in [0.29, 0.717) is 0 Å². The van der Waals surface area contributed by atoms with Crippen LogP contribution in [0, 0.1) is 12.3 Å². The van der Waals surface area contributed by atoms with Gasteiger partial charge in [0.05, 0.1) is 13.2 Å². The van der Waals surface area contributed by atoms with E-state index in [9.17, 15) is 0 Å². The van der Waals surface area contributed by atoms with Gasteiger partial charge in [-0.3, -0.25) is 5.32 Å². The molecule has 2 atom stereocenters. The van der Waals surface area contributed by atoms with Crippen LogP contribution in [0.15, 0.2) is 24.3 Å². The van der Waals surface area contributed by atoms with Crippen molar-refractivity contribution in [2.24, 2.45) is 0 Å². The van der Waals surface area contributed by atoms with Crippen molar-refractivity contribution < 1.29 is 4.74 Å². The summed E-state index contributed by atoms with van der Waals surface area (Å²) in [5.74, 6) is 3.54. The lowest BCUT2D eigenvalue weighted by atomic mass is 10.1. The van der Waals surface area contributed by atoms with Crippen LogP contribution in [0.5, 0.6) is 5.75 Å². The van der Waals surface area contributed by atoms with Crippen LogP contribution < -0.4 is 10.1 Å². The molecular weight excluding hydrogens is 186 g/mol. The normalized spacial score (nSPS) is 14.0. The second-order valence-corrected chi connectivity index (χ2v) is 3.52. The summed E-state index contributed by atoms with van der Waals surface area (Å²) in [6.07, 6.45) is 5.33. The summed E-state index contributed by atoms with van der Waals surface area (Å²) in [5, 5.41) is 3.30. The highest BCUT2D eigenvalue weighted by atomic mass is 16.5. The Hall–Kier alpha value is -1.46. The van der Waals surface area contributed by atoms with Crippen molar-refractivity contribution in [3.63, 3.8) is 0 Å². The van der Waals surface area contributed by atoms with Gasteiger partial charge >= 0.3 is 0 Å². The van der Waals surface area contributed by atoms with Gasteiger partial charge in [0.1, 0.15) is 5.75 Å². The van der Waals surface area contributed by atoms with Gasteiger partial charge in [-0.2, -0.15) is 0 Å². The molecule has 0 amide bonds. The van der Waals surface area contributed by atoms with E-state index in [-0.39, 0.29) is 12.1 Å². The van der Waals surface area contributed by atoms with Crippen LogP contribution >= 0.6 is 0 Å². The Morgan fingerprint density at radius 1 is 1.33 bits per heavy atom. The molecule has 0 spiro atoms. The first kappa shape index (κ1) is 11.6. The average molecular weight is 203 g/mol. The van der Waals surface area contributed by atoms with E-state index in [2.05, 4.69) is 18.2 Å². The van der Waals surface area contributed by atoms with Crippen molar-refractivity contribution in [2.45, 2.75) is 25.9 Å². The fraction of sp³-hybridized carbons (Fsp3) is 0.385. The summed E-state index contributed by atoms with van der Waals surface area (Å²) in [4.78, 5) is 0. The van der Waals surface area contributed by atoms with E-state index >= 15 is 0 Å². The molecule has 1 aromatic rings. The Balaban J connectivity index is 2.82. The summed E-state index contributed by atoms with van der Waals surface area (Å²) in [7, 11) is 1.68. The van der Waals surface area contributed by atoms with E-state index in [1.54, 1.807) is 7.11 Å². The molecule has 2 heteroatoms. The highest BCUT2D eigenvalue weighted by Crippen LogP contribution is 2.24. The Kier molecular flexibility index (Phi) is 4.20. The van der Waals surface area contributed by atoms with Gasteiger partial charge in [-0.1, -0.05) is 24.1 Å². The quantitative estimate of drug-likeness (QED) is 0.758. The van der Waals surface area contributed by atoms with Crippen LogP contribution in [0.3, 0.4) is 0 Å². The van der Waals surface area contributed by atoms with Crippen LogP contribution in [-0.4, -0.2) is 13.2 Å². The third-order valence-corrected chi connectivity index (χ3v) is 2.36. The Morgan fingerprint density at radius 2 is 2.00 bits per heavy atom. The molecule has 0 saturated carbocycles. The first-order chi connectivity index (χ1) is 7.19.